The van der Waals surface area contributed by atoms with E-state index >= 15 is 0 Å². The van der Waals surface area contributed by atoms with E-state index in [9.17, 15) is 4.79 Å². The molecule has 0 saturated heterocycles. The second kappa shape index (κ2) is 9.53. The molecule has 1 aromatic rings. The molecule has 4 nitrogen and oxygen atoms in total. The van der Waals surface area contributed by atoms with Crippen molar-refractivity contribution in [2.24, 2.45) is 5.73 Å². The van der Waals surface area contributed by atoms with Crippen LogP contribution in [0.15, 0.2) is 30.3 Å². The summed E-state index contributed by atoms with van der Waals surface area (Å²) in [7, 11) is 0. The van der Waals surface area contributed by atoms with Gasteiger partial charge < -0.3 is 15.6 Å². The lowest BCUT2D eigenvalue weighted by Gasteiger charge is -2.30. The maximum atomic E-state index is 12.5. The zero-order valence-electron chi connectivity index (χ0n) is 12.9. The van der Waals surface area contributed by atoms with E-state index in [-0.39, 0.29) is 19.1 Å². The minimum atomic E-state index is -0.753. The number of hydrogen-bond donors (Lipinski definition) is 2. The Bertz CT molecular complexity index is 408. The Kier molecular flexibility index (Phi) is 8.01. The van der Waals surface area contributed by atoms with Gasteiger partial charge in [-0.15, -0.1) is 0 Å². The SMILES string of the molecule is CCOC(=O)C(CN)(CCCCCCO)c1ccccc1. The third kappa shape index (κ3) is 4.83. The van der Waals surface area contributed by atoms with Gasteiger partial charge >= 0.3 is 5.97 Å². The molecule has 0 spiro atoms. The smallest absolute Gasteiger partial charge is 0.317 e. The number of nitrogens with two attached hydrogens (primary N) is 1. The summed E-state index contributed by atoms with van der Waals surface area (Å²) < 4.78 is 5.27. The number of esters is 1. The maximum absolute atomic E-state index is 12.5. The van der Waals surface area contributed by atoms with Crippen LogP contribution in [0, 0.1) is 0 Å². The van der Waals surface area contributed by atoms with Crippen molar-refractivity contribution in [3.63, 3.8) is 0 Å². The number of carbonyl (C=O) groups is 1. The van der Waals surface area contributed by atoms with E-state index in [4.69, 9.17) is 15.6 Å². The Morgan fingerprint density at radius 1 is 1.19 bits per heavy atom. The van der Waals surface area contributed by atoms with Crippen LogP contribution in [-0.2, 0) is 14.9 Å². The second-order valence-corrected chi connectivity index (χ2v) is 5.26. The second-order valence-electron chi connectivity index (χ2n) is 5.26. The number of carbonyl (C=O) groups excluding carboxylic acids is 1. The molecule has 1 aromatic carbocycles. The van der Waals surface area contributed by atoms with Crippen LogP contribution >= 0.6 is 0 Å². The van der Waals surface area contributed by atoms with Crippen molar-refractivity contribution in [1.29, 1.82) is 0 Å². The van der Waals surface area contributed by atoms with Gasteiger partial charge in [-0.2, -0.15) is 0 Å². The third-order valence-corrected chi connectivity index (χ3v) is 3.85. The molecule has 0 bridgehead atoms. The lowest BCUT2D eigenvalue weighted by atomic mass is 9.76. The molecule has 118 valence electrons. The summed E-state index contributed by atoms with van der Waals surface area (Å²) in [6.07, 6.45) is 4.33. The van der Waals surface area contributed by atoms with Crippen LogP contribution in [-0.4, -0.2) is 30.8 Å². The fraction of sp³-hybridized carbons (Fsp3) is 0.588. The molecule has 0 aromatic heterocycles. The molecule has 4 heteroatoms. The normalized spacial score (nSPS) is 13.7. The number of aliphatic hydroxyl groups excluding tert-OH is 1. The first-order valence-corrected chi connectivity index (χ1v) is 7.75. The molecule has 0 aliphatic heterocycles. The van der Waals surface area contributed by atoms with Crippen molar-refractivity contribution in [2.75, 3.05) is 19.8 Å². The van der Waals surface area contributed by atoms with Gasteiger partial charge in [-0.1, -0.05) is 49.6 Å². The molecule has 3 N–H and O–H groups in total. The van der Waals surface area contributed by atoms with Crippen LogP contribution in [0.5, 0.6) is 0 Å². The quantitative estimate of drug-likeness (QED) is 0.513. The summed E-state index contributed by atoms with van der Waals surface area (Å²) in [5, 5.41) is 8.81. The highest BCUT2D eigenvalue weighted by Gasteiger charge is 2.39. The summed E-state index contributed by atoms with van der Waals surface area (Å²) in [4.78, 5) is 12.5. The zero-order valence-corrected chi connectivity index (χ0v) is 12.9. The van der Waals surface area contributed by atoms with Crippen molar-refractivity contribution >= 4 is 5.97 Å². The van der Waals surface area contributed by atoms with Gasteiger partial charge in [0.05, 0.1) is 6.61 Å². The lowest BCUT2D eigenvalue weighted by Crippen LogP contribution is -2.44. The molecule has 0 aliphatic carbocycles. The minimum absolute atomic E-state index is 0.221. The van der Waals surface area contributed by atoms with Gasteiger partial charge in [0.15, 0.2) is 0 Å². The summed E-state index contributed by atoms with van der Waals surface area (Å²) in [5.41, 5.74) is 6.14. The molecule has 0 heterocycles. The zero-order chi connectivity index (χ0) is 15.6. The predicted molar refractivity (Wildman–Crippen MR) is 84.0 cm³/mol. The average Bonchev–Trinajstić information content (AvgIpc) is 2.52. The number of rotatable bonds is 10. The van der Waals surface area contributed by atoms with Gasteiger partial charge in [-0.3, -0.25) is 4.79 Å². The van der Waals surface area contributed by atoms with Crippen molar-refractivity contribution in [3.05, 3.63) is 35.9 Å². The van der Waals surface area contributed by atoms with Crippen LogP contribution in [0.3, 0.4) is 0 Å². The fourth-order valence-electron chi connectivity index (χ4n) is 2.59. The molecule has 0 amide bonds. The molecule has 0 fully saturated rings. The largest absolute Gasteiger partial charge is 0.465 e. The molecular formula is C17H27NO3. The minimum Gasteiger partial charge on any atom is -0.465 e. The molecule has 0 aliphatic rings. The van der Waals surface area contributed by atoms with E-state index in [1.54, 1.807) is 0 Å². The molecule has 0 saturated carbocycles. The first-order valence-electron chi connectivity index (χ1n) is 7.75. The van der Waals surface area contributed by atoms with E-state index in [1.807, 2.05) is 37.3 Å². The van der Waals surface area contributed by atoms with Gasteiger partial charge in [0, 0.05) is 13.2 Å². The Hall–Kier alpha value is -1.39. The van der Waals surface area contributed by atoms with Crippen molar-refractivity contribution in [2.45, 2.75) is 44.4 Å². The highest BCUT2D eigenvalue weighted by molar-refractivity contribution is 5.83. The monoisotopic (exact) mass is 293 g/mol. The molecular weight excluding hydrogens is 266 g/mol. The van der Waals surface area contributed by atoms with Crippen LogP contribution in [0.25, 0.3) is 0 Å². The van der Waals surface area contributed by atoms with E-state index in [2.05, 4.69) is 0 Å². The van der Waals surface area contributed by atoms with Crippen molar-refractivity contribution in [3.8, 4) is 0 Å². The van der Waals surface area contributed by atoms with Gasteiger partial charge in [0.25, 0.3) is 0 Å². The Balaban J connectivity index is 2.85. The number of aliphatic hydroxyl groups is 1. The molecule has 1 rings (SSSR count). The number of unbranched alkanes of at least 4 members (excludes halogenated alkanes) is 3. The topological polar surface area (TPSA) is 72.5 Å². The molecule has 1 atom stereocenters. The van der Waals surface area contributed by atoms with Crippen LogP contribution < -0.4 is 5.73 Å². The van der Waals surface area contributed by atoms with E-state index in [0.29, 0.717) is 13.0 Å². The summed E-state index contributed by atoms with van der Waals surface area (Å²) in [6.45, 7) is 2.64. The van der Waals surface area contributed by atoms with Gasteiger partial charge in [-0.25, -0.2) is 0 Å². The van der Waals surface area contributed by atoms with Crippen molar-refractivity contribution < 1.29 is 14.6 Å². The average molecular weight is 293 g/mol. The highest BCUT2D eigenvalue weighted by Crippen LogP contribution is 2.31. The van der Waals surface area contributed by atoms with Crippen LogP contribution in [0.4, 0.5) is 0 Å². The number of hydrogen-bond acceptors (Lipinski definition) is 4. The fourth-order valence-corrected chi connectivity index (χ4v) is 2.59. The number of ether oxygens (including phenoxy) is 1. The van der Waals surface area contributed by atoms with E-state index in [0.717, 1.165) is 31.2 Å². The summed E-state index contributed by atoms with van der Waals surface area (Å²) in [6, 6.07) is 9.65. The van der Waals surface area contributed by atoms with Crippen LogP contribution in [0.1, 0.15) is 44.6 Å². The predicted octanol–water partition coefficient (Wildman–Crippen LogP) is 2.39. The first-order chi connectivity index (χ1) is 10.2. The lowest BCUT2D eigenvalue weighted by molar-refractivity contribution is -0.150. The van der Waals surface area contributed by atoms with E-state index in [1.165, 1.54) is 0 Å². The Morgan fingerprint density at radius 3 is 2.43 bits per heavy atom. The molecule has 0 radical (unpaired) electrons. The highest BCUT2D eigenvalue weighted by atomic mass is 16.5. The summed E-state index contributed by atoms with van der Waals surface area (Å²) >= 11 is 0. The molecule has 21 heavy (non-hydrogen) atoms. The number of benzene rings is 1. The summed E-state index contributed by atoms with van der Waals surface area (Å²) in [5.74, 6) is -0.235. The maximum Gasteiger partial charge on any atom is 0.317 e. The Morgan fingerprint density at radius 2 is 1.86 bits per heavy atom. The van der Waals surface area contributed by atoms with Gasteiger partial charge in [-0.05, 0) is 25.3 Å². The van der Waals surface area contributed by atoms with E-state index < -0.39 is 5.41 Å². The third-order valence-electron chi connectivity index (χ3n) is 3.85. The molecule has 1 unspecified atom stereocenters. The standard InChI is InChI=1S/C17H27NO3/c1-2-21-16(20)17(14-18,12-8-3-4-9-13-19)15-10-6-5-7-11-15/h5-7,10-11,19H,2-4,8-9,12-14,18H2,1H3. The Labute approximate surface area is 127 Å². The van der Waals surface area contributed by atoms with Crippen molar-refractivity contribution in [1.82, 2.24) is 0 Å². The van der Waals surface area contributed by atoms with Gasteiger partial charge in [0.1, 0.15) is 5.41 Å². The van der Waals surface area contributed by atoms with Crippen LogP contribution in [0.2, 0.25) is 0 Å². The first kappa shape index (κ1) is 17.7. The van der Waals surface area contributed by atoms with Gasteiger partial charge in [0.2, 0.25) is 0 Å².